The number of carbonyl (C=O) groups excluding carboxylic acids is 1. The molecule has 0 aromatic rings. The van der Waals surface area contributed by atoms with Crippen LogP contribution in [0.25, 0.3) is 0 Å². The van der Waals surface area contributed by atoms with E-state index in [9.17, 15) is 17.8 Å². The predicted octanol–water partition coefficient (Wildman–Crippen LogP) is 3.88. The molecule has 0 aromatic heterocycles. The number of carbonyl (C=O) groups is 1. The molecule has 3 saturated carbocycles. The quantitative estimate of drug-likeness (QED) is 0.439. The first-order chi connectivity index (χ1) is 13.2. The van der Waals surface area contributed by atoms with Crippen LogP contribution in [0.3, 0.4) is 0 Å². The minimum atomic E-state index is -4.67. The number of fused-ring (bicyclic) bond motifs is 5. The summed E-state index contributed by atoms with van der Waals surface area (Å²) in [5, 5.41) is 0. The first-order valence-electron chi connectivity index (χ1n) is 10.2. The standard InChI is InChI=1S/C22H28O5S/c1-4-21-13-14(3)20-17-9-7-16(23)12-15(17)6-8-18(20)19(21)10-11-22(21,5-2)27-28(24,25)26/h2,12,17-20H,3-4,6-11,13H2,1H3,(H,24,25,26)/t17-,18-,19-,20+,21-,22-/m1/s1. The summed E-state index contributed by atoms with van der Waals surface area (Å²) in [5.74, 6) is 4.13. The van der Waals surface area contributed by atoms with E-state index >= 15 is 0 Å². The van der Waals surface area contributed by atoms with Crippen LogP contribution in [0.4, 0.5) is 0 Å². The molecule has 28 heavy (non-hydrogen) atoms. The van der Waals surface area contributed by atoms with Crippen molar-refractivity contribution in [2.75, 3.05) is 0 Å². The highest BCUT2D eigenvalue weighted by molar-refractivity contribution is 7.80. The van der Waals surface area contributed by atoms with Gasteiger partial charge < -0.3 is 0 Å². The van der Waals surface area contributed by atoms with Crippen LogP contribution in [0.2, 0.25) is 0 Å². The highest BCUT2D eigenvalue weighted by atomic mass is 32.3. The van der Waals surface area contributed by atoms with Crippen molar-refractivity contribution in [2.24, 2.45) is 29.1 Å². The minimum absolute atomic E-state index is 0.225. The second kappa shape index (κ2) is 6.55. The van der Waals surface area contributed by atoms with Gasteiger partial charge in [-0.3, -0.25) is 9.35 Å². The smallest absolute Gasteiger partial charge is 0.295 e. The third kappa shape index (κ3) is 2.74. The van der Waals surface area contributed by atoms with Crippen LogP contribution in [-0.4, -0.2) is 24.4 Å². The first kappa shape index (κ1) is 19.9. The Balaban J connectivity index is 1.75. The van der Waals surface area contributed by atoms with E-state index in [1.807, 2.05) is 13.0 Å². The second-order valence-electron chi connectivity index (χ2n) is 9.03. The van der Waals surface area contributed by atoms with Gasteiger partial charge >= 0.3 is 10.4 Å². The van der Waals surface area contributed by atoms with Gasteiger partial charge in [-0.1, -0.05) is 30.6 Å². The lowest BCUT2D eigenvalue weighted by Gasteiger charge is -2.57. The second-order valence-corrected chi connectivity index (χ2v) is 10.1. The number of ketones is 1. The van der Waals surface area contributed by atoms with E-state index < -0.39 is 21.4 Å². The Morgan fingerprint density at radius 3 is 2.75 bits per heavy atom. The molecule has 5 nitrogen and oxygen atoms in total. The normalized spacial score (nSPS) is 42.8. The van der Waals surface area contributed by atoms with Crippen LogP contribution in [0.1, 0.15) is 58.3 Å². The average molecular weight is 405 g/mol. The summed E-state index contributed by atoms with van der Waals surface area (Å²) in [6.45, 7) is 6.44. The van der Waals surface area contributed by atoms with Crippen LogP contribution in [0.5, 0.6) is 0 Å². The van der Waals surface area contributed by atoms with E-state index in [-0.39, 0.29) is 11.7 Å². The average Bonchev–Trinajstić information content (AvgIpc) is 2.94. The lowest BCUT2D eigenvalue weighted by molar-refractivity contribution is -0.116. The highest BCUT2D eigenvalue weighted by Crippen LogP contribution is 2.68. The zero-order chi connectivity index (χ0) is 20.3. The Labute approximate surface area is 167 Å². The number of rotatable bonds is 3. The summed E-state index contributed by atoms with van der Waals surface area (Å²) in [5.41, 5.74) is 0.486. The summed E-state index contributed by atoms with van der Waals surface area (Å²) in [4.78, 5) is 11.9. The third-order valence-electron chi connectivity index (χ3n) is 8.15. The molecule has 0 radical (unpaired) electrons. The molecule has 4 rings (SSSR count). The van der Waals surface area contributed by atoms with Gasteiger partial charge in [0.25, 0.3) is 0 Å². The Morgan fingerprint density at radius 2 is 2.11 bits per heavy atom. The molecule has 1 N–H and O–H groups in total. The molecule has 4 aliphatic carbocycles. The van der Waals surface area contributed by atoms with Gasteiger partial charge in [0.1, 0.15) is 0 Å². The van der Waals surface area contributed by atoms with Crippen LogP contribution >= 0.6 is 0 Å². The van der Waals surface area contributed by atoms with Gasteiger partial charge in [0.15, 0.2) is 11.4 Å². The molecule has 6 heteroatoms. The highest BCUT2D eigenvalue weighted by Gasteiger charge is 2.66. The molecule has 0 spiro atoms. The maximum atomic E-state index is 11.9. The number of hydrogen-bond acceptors (Lipinski definition) is 4. The van der Waals surface area contributed by atoms with Gasteiger partial charge in [0, 0.05) is 11.8 Å². The Hall–Kier alpha value is -1.42. The molecular weight excluding hydrogens is 376 g/mol. The largest absolute Gasteiger partial charge is 0.398 e. The minimum Gasteiger partial charge on any atom is -0.295 e. The van der Waals surface area contributed by atoms with Crippen molar-refractivity contribution in [3.05, 3.63) is 23.8 Å². The molecule has 0 heterocycles. The molecule has 0 aromatic carbocycles. The Kier molecular flexibility index (Phi) is 4.65. The van der Waals surface area contributed by atoms with Crippen LogP contribution < -0.4 is 0 Å². The van der Waals surface area contributed by atoms with Gasteiger partial charge in [-0.25, -0.2) is 4.18 Å². The van der Waals surface area contributed by atoms with Crippen LogP contribution in [0.15, 0.2) is 23.8 Å². The molecule has 0 saturated heterocycles. The summed E-state index contributed by atoms with van der Waals surface area (Å²) >= 11 is 0. The number of allylic oxidation sites excluding steroid dienone is 2. The molecule has 0 bridgehead atoms. The molecule has 0 aliphatic heterocycles. The third-order valence-corrected chi connectivity index (χ3v) is 8.64. The summed E-state index contributed by atoms with van der Waals surface area (Å²) in [6, 6.07) is 0. The van der Waals surface area contributed by atoms with Crippen molar-refractivity contribution in [3.8, 4) is 12.3 Å². The lowest BCUT2D eigenvalue weighted by Crippen LogP contribution is -2.55. The van der Waals surface area contributed by atoms with E-state index in [4.69, 9.17) is 10.6 Å². The van der Waals surface area contributed by atoms with Gasteiger partial charge in [-0.2, -0.15) is 8.42 Å². The fraction of sp³-hybridized carbons (Fsp3) is 0.682. The van der Waals surface area contributed by atoms with Gasteiger partial charge in [-0.15, -0.1) is 6.42 Å². The van der Waals surface area contributed by atoms with Gasteiger partial charge in [0.05, 0.1) is 0 Å². The number of terminal acetylenes is 1. The molecular formula is C22H28O5S. The van der Waals surface area contributed by atoms with Crippen molar-refractivity contribution >= 4 is 16.2 Å². The molecule has 152 valence electrons. The number of hydrogen-bond donors (Lipinski definition) is 1. The monoisotopic (exact) mass is 404 g/mol. The maximum absolute atomic E-state index is 11.9. The van der Waals surface area contributed by atoms with Crippen molar-refractivity contribution in [3.63, 3.8) is 0 Å². The molecule has 3 fully saturated rings. The fourth-order valence-electron chi connectivity index (χ4n) is 7.21. The Bertz CT molecular complexity index is 894. The summed E-state index contributed by atoms with van der Waals surface area (Å²) in [6.07, 6.45) is 13.5. The van der Waals surface area contributed by atoms with Crippen LogP contribution in [0, 0.1) is 41.4 Å². The molecule has 0 unspecified atom stereocenters. The van der Waals surface area contributed by atoms with E-state index in [2.05, 4.69) is 12.5 Å². The molecule has 6 atom stereocenters. The molecule has 4 aliphatic rings. The van der Waals surface area contributed by atoms with Crippen molar-refractivity contribution in [2.45, 2.75) is 63.9 Å². The van der Waals surface area contributed by atoms with E-state index in [0.29, 0.717) is 43.4 Å². The van der Waals surface area contributed by atoms with E-state index in [1.54, 1.807) is 0 Å². The fourth-order valence-corrected chi connectivity index (χ4v) is 7.87. The predicted molar refractivity (Wildman–Crippen MR) is 105 cm³/mol. The van der Waals surface area contributed by atoms with E-state index in [1.165, 1.54) is 5.57 Å². The zero-order valence-corrected chi connectivity index (χ0v) is 17.1. The van der Waals surface area contributed by atoms with Crippen molar-refractivity contribution < 1.29 is 21.9 Å². The SMILES string of the molecule is C#C[C@@]1(OS(=O)(=O)O)CC[C@@H]2[C@H]3CCC4=CC(=O)CC[C@H]4[C@@H]3C(=C)C[C@]21CC. The van der Waals surface area contributed by atoms with E-state index in [0.717, 1.165) is 31.3 Å². The zero-order valence-electron chi connectivity index (χ0n) is 16.3. The Morgan fingerprint density at radius 1 is 1.36 bits per heavy atom. The van der Waals surface area contributed by atoms with Gasteiger partial charge in [-0.05, 0) is 74.7 Å². The van der Waals surface area contributed by atoms with Gasteiger partial charge in [0.2, 0.25) is 0 Å². The summed E-state index contributed by atoms with van der Waals surface area (Å²) in [7, 11) is -4.67. The molecule has 0 amide bonds. The van der Waals surface area contributed by atoms with Crippen molar-refractivity contribution in [1.29, 1.82) is 0 Å². The van der Waals surface area contributed by atoms with Crippen LogP contribution in [-0.2, 0) is 19.4 Å². The first-order valence-corrected chi connectivity index (χ1v) is 11.6. The topological polar surface area (TPSA) is 80.7 Å². The maximum Gasteiger partial charge on any atom is 0.398 e. The summed E-state index contributed by atoms with van der Waals surface area (Å²) < 4.78 is 38.0. The van der Waals surface area contributed by atoms with Crippen molar-refractivity contribution in [1.82, 2.24) is 0 Å². The lowest BCUT2D eigenvalue weighted by atomic mass is 9.48.